The highest BCUT2D eigenvalue weighted by atomic mass is 31.2. The van der Waals surface area contributed by atoms with E-state index in [2.05, 4.69) is 0 Å². The van der Waals surface area contributed by atoms with Crippen LogP contribution in [0.2, 0.25) is 0 Å². The van der Waals surface area contributed by atoms with E-state index in [0.29, 0.717) is 6.61 Å². The Labute approximate surface area is 77.5 Å². The minimum Gasteiger partial charge on any atom is -0.481 e. The number of carboxylic acids is 1. The number of rotatable bonds is 7. The molecular weight excluding hydrogens is 195 g/mol. The second kappa shape index (κ2) is 6.13. The average molecular weight is 210 g/mol. The van der Waals surface area contributed by atoms with E-state index in [1.54, 1.807) is 13.8 Å². The largest absolute Gasteiger partial charge is 0.481 e. The van der Waals surface area contributed by atoms with Gasteiger partial charge in [-0.3, -0.25) is 9.36 Å². The molecule has 0 saturated carbocycles. The zero-order valence-corrected chi connectivity index (χ0v) is 8.75. The topological polar surface area (TPSA) is 72.8 Å². The summed E-state index contributed by atoms with van der Waals surface area (Å²) < 4.78 is 21.4. The monoisotopic (exact) mass is 210 g/mol. The third-order valence-corrected chi connectivity index (χ3v) is 3.29. The molecule has 0 bridgehead atoms. The summed E-state index contributed by atoms with van der Waals surface area (Å²) in [5.41, 5.74) is 0. The number of hydrogen-bond acceptors (Lipinski definition) is 4. The van der Waals surface area contributed by atoms with Gasteiger partial charge in [-0.15, -0.1) is 0 Å². The van der Waals surface area contributed by atoms with Gasteiger partial charge in [0, 0.05) is 6.61 Å². The standard InChI is InChI=1S/C7H15O5P/c1-3-11-6-13(10,12-4-2)5-7(8)9/h3-6H2,1-2H3,(H,8,9). The van der Waals surface area contributed by atoms with E-state index in [1.807, 2.05) is 0 Å². The number of carboxylic acid groups (broad SMARTS) is 1. The molecule has 78 valence electrons. The van der Waals surface area contributed by atoms with Gasteiger partial charge < -0.3 is 14.4 Å². The van der Waals surface area contributed by atoms with Crippen LogP contribution in [0.25, 0.3) is 0 Å². The molecule has 0 aromatic rings. The fourth-order valence-corrected chi connectivity index (χ4v) is 2.40. The summed E-state index contributed by atoms with van der Waals surface area (Å²) in [6, 6.07) is 0. The van der Waals surface area contributed by atoms with Crippen LogP contribution in [0.3, 0.4) is 0 Å². The Morgan fingerprint density at radius 3 is 2.38 bits per heavy atom. The predicted octanol–water partition coefficient (Wildman–Crippen LogP) is 1.38. The third kappa shape index (κ3) is 5.80. The number of carbonyl (C=O) groups is 1. The second-order valence-corrected chi connectivity index (χ2v) is 4.87. The van der Waals surface area contributed by atoms with E-state index in [0.717, 1.165) is 0 Å². The van der Waals surface area contributed by atoms with Crippen LogP contribution < -0.4 is 0 Å². The lowest BCUT2D eigenvalue weighted by atomic mass is 10.8. The van der Waals surface area contributed by atoms with Crippen molar-refractivity contribution < 1.29 is 23.7 Å². The Balaban J connectivity index is 4.16. The van der Waals surface area contributed by atoms with Crippen LogP contribution >= 0.6 is 7.37 Å². The molecular formula is C7H15O5P. The third-order valence-electron chi connectivity index (χ3n) is 1.23. The van der Waals surface area contributed by atoms with E-state index in [-0.39, 0.29) is 13.0 Å². The van der Waals surface area contributed by atoms with Gasteiger partial charge in [0.05, 0.1) is 6.61 Å². The van der Waals surface area contributed by atoms with E-state index >= 15 is 0 Å². The van der Waals surface area contributed by atoms with Gasteiger partial charge in [-0.1, -0.05) is 0 Å². The average Bonchev–Trinajstić information content (AvgIpc) is 2.00. The molecule has 0 radical (unpaired) electrons. The highest BCUT2D eigenvalue weighted by Gasteiger charge is 2.26. The first-order valence-electron chi connectivity index (χ1n) is 4.06. The maximum Gasteiger partial charge on any atom is 0.313 e. The van der Waals surface area contributed by atoms with Gasteiger partial charge in [0.2, 0.25) is 7.37 Å². The first-order chi connectivity index (χ1) is 6.04. The van der Waals surface area contributed by atoms with Crippen LogP contribution in [0.4, 0.5) is 0 Å². The van der Waals surface area contributed by atoms with Crippen molar-refractivity contribution in [3.63, 3.8) is 0 Å². The van der Waals surface area contributed by atoms with E-state index in [1.165, 1.54) is 0 Å². The Hall–Kier alpha value is -0.380. The zero-order chi connectivity index (χ0) is 10.3. The van der Waals surface area contributed by atoms with Crippen molar-refractivity contribution in [2.24, 2.45) is 0 Å². The summed E-state index contributed by atoms with van der Waals surface area (Å²) in [6.07, 6.45) is -0.593. The first-order valence-corrected chi connectivity index (χ1v) is 6.05. The van der Waals surface area contributed by atoms with Crippen LogP contribution in [0.15, 0.2) is 0 Å². The van der Waals surface area contributed by atoms with Gasteiger partial charge >= 0.3 is 5.97 Å². The minimum absolute atomic E-state index is 0.121. The van der Waals surface area contributed by atoms with Crippen molar-refractivity contribution in [2.75, 3.05) is 25.7 Å². The Morgan fingerprint density at radius 1 is 1.38 bits per heavy atom. The summed E-state index contributed by atoms with van der Waals surface area (Å²) in [5, 5.41) is 8.47. The lowest BCUT2D eigenvalue weighted by Gasteiger charge is -2.14. The normalized spacial score (nSPS) is 15.2. The molecule has 6 heteroatoms. The molecule has 0 rings (SSSR count). The molecule has 13 heavy (non-hydrogen) atoms. The zero-order valence-electron chi connectivity index (χ0n) is 7.86. The molecule has 0 aromatic heterocycles. The van der Waals surface area contributed by atoms with Crippen molar-refractivity contribution in [1.82, 2.24) is 0 Å². The molecule has 0 fully saturated rings. The molecule has 0 saturated heterocycles. The van der Waals surface area contributed by atoms with Crippen molar-refractivity contribution in [3.8, 4) is 0 Å². The van der Waals surface area contributed by atoms with E-state index < -0.39 is 19.5 Å². The van der Waals surface area contributed by atoms with Crippen LogP contribution in [-0.2, 0) is 18.6 Å². The summed E-state index contributed by atoms with van der Waals surface area (Å²) in [5.74, 6) is -1.13. The van der Waals surface area contributed by atoms with E-state index in [9.17, 15) is 9.36 Å². The van der Waals surface area contributed by atoms with Crippen LogP contribution in [0.1, 0.15) is 13.8 Å². The highest BCUT2D eigenvalue weighted by Crippen LogP contribution is 2.46. The second-order valence-electron chi connectivity index (χ2n) is 2.41. The summed E-state index contributed by atoms with van der Waals surface area (Å²) in [7, 11) is -3.11. The Morgan fingerprint density at radius 2 is 2.00 bits per heavy atom. The SMILES string of the molecule is CCOCP(=O)(CC(=O)O)OCC. The highest BCUT2D eigenvalue weighted by molar-refractivity contribution is 7.59. The fraction of sp³-hybridized carbons (Fsp3) is 0.857. The van der Waals surface area contributed by atoms with Gasteiger partial charge in [0.25, 0.3) is 0 Å². The fourth-order valence-electron chi connectivity index (χ4n) is 0.800. The smallest absolute Gasteiger partial charge is 0.313 e. The maximum atomic E-state index is 11.7. The van der Waals surface area contributed by atoms with Crippen LogP contribution in [-0.4, -0.2) is 36.8 Å². The predicted molar refractivity (Wildman–Crippen MR) is 48.2 cm³/mol. The lowest BCUT2D eigenvalue weighted by Crippen LogP contribution is -2.10. The Bertz CT molecular complexity index is 203. The number of hydrogen-bond donors (Lipinski definition) is 1. The van der Waals surface area contributed by atoms with Crippen molar-refractivity contribution in [3.05, 3.63) is 0 Å². The molecule has 0 heterocycles. The molecule has 0 amide bonds. The lowest BCUT2D eigenvalue weighted by molar-refractivity contribution is -0.134. The summed E-state index contributed by atoms with van der Waals surface area (Å²) in [6.45, 7) is 4.05. The molecule has 0 aliphatic heterocycles. The molecule has 1 N–H and O–H groups in total. The molecule has 0 spiro atoms. The van der Waals surface area contributed by atoms with Crippen LogP contribution in [0, 0.1) is 0 Å². The van der Waals surface area contributed by atoms with Crippen LogP contribution in [0.5, 0.6) is 0 Å². The summed E-state index contributed by atoms with van der Waals surface area (Å²) in [4.78, 5) is 10.3. The Kier molecular flexibility index (Phi) is 5.95. The molecule has 0 aliphatic rings. The van der Waals surface area contributed by atoms with E-state index in [4.69, 9.17) is 14.4 Å². The van der Waals surface area contributed by atoms with Gasteiger partial charge in [0.15, 0.2) is 0 Å². The minimum atomic E-state index is -3.11. The van der Waals surface area contributed by atoms with Crippen molar-refractivity contribution in [1.29, 1.82) is 0 Å². The van der Waals surface area contributed by atoms with Gasteiger partial charge in [0.1, 0.15) is 12.5 Å². The van der Waals surface area contributed by atoms with Crippen molar-refractivity contribution >= 4 is 13.3 Å². The maximum absolute atomic E-state index is 11.7. The molecule has 0 aliphatic carbocycles. The van der Waals surface area contributed by atoms with Crippen molar-refractivity contribution in [2.45, 2.75) is 13.8 Å². The first kappa shape index (κ1) is 12.6. The van der Waals surface area contributed by atoms with Gasteiger partial charge in [-0.05, 0) is 13.8 Å². The molecule has 1 atom stereocenters. The van der Waals surface area contributed by atoms with Gasteiger partial charge in [-0.2, -0.15) is 0 Å². The quantitative estimate of drug-likeness (QED) is 0.642. The molecule has 1 unspecified atom stereocenters. The molecule has 0 aromatic carbocycles. The van der Waals surface area contributed by atoms with Gasteiger partial charge in [-0.25, -0.2) is 0 Å². The summed E-state index contributed by atoms with van der Waals surface area (Å²) >= 11 is 0. The number of ether oxygens (including phenoxy) is 1. The number of aliphatic carboxylic acids is 1. The molecule has 5 nitrogen and oxygen atoms in total.